The SMILES string of the molecule is C[C@@H](N)C(=O)N[C@H](CCC(N)=O)C(=O)O.O=C(O)C(F)(F)F. The smallest absolute Gasteiger partial charge is 0.480 e. The standard InChI is InChI=1S/C8H15N3O4.C2HF3O2/c1-4(9)7(13)11-5(8(14)15)2-3-6(10)12;3-2(4,5)1(6)7/h4-5H,2-3,9H2,1H3,(H2,10,12)(H,11,13)(H,14,15);(H,6,7)/t4-,5-;/m1./s1. The molecule has 0 saturated heterocycles. The summed E-state index contributed by atoms with van der Waals surface area (Å²) in [5.74, 6) is -5.17. The molecule has 0 saturated carbocycles. The Morgan fingerprint density at radius 2 is 1.59 bits per heavy atom. The number of amides is 2. The minimum atomic E-state index is -5.08. The molecule has 0 spiro atoms. The number of aliphatic carboxylic acids is 2. The van der Waals surface area contributed by atoms with E-state index in [1.807, 2.05) is 0 Å². The van der Waals surface area contributed by atoms with Gasteiger partial charge in [0.2, 0.25) is 11.8 Å². The van der Waals surface area contributed by atoms with Crippen molar-refractivity contribution in [1.82, 2.24) is 5.32 Å². The highest BCUT2D eigenvalue weighted by Gasteiger charge is 2.38. The van der Waals surface area contributed by atoms with E-state index in [0.29, 0.717) is 0 Å². The van der Waals surface area contributed by atoms with Crippen molar-refractivity contribution < 1.29 is 42.6 Å². The van der Waals surface area contributed by atoms with Gasteiger partial charge in [-0.2, -0.15) is 13.2 Å². The zero-order chi connectivity index (χ0) is 18.1. The normalized spacial score (nSPS) is 13.1. The van der Waals surface area contributed by atoms with Gasteiger partial charge in [-0.3, -0.25) is 9.59 Å². The van der Waals surface area contributed by atoms with E-state index < -0.39 is 42.0 Å². The van der Waals surface area contributed by atoms with Crippen LogP contribution in [0.4, 0.5) is 13.2 Å². The van der Waals surface area contributed by atoms with E-state index in [2.05, 4.69) is 5.32 Å². The van der Waals surface area contributed by atoms with E-state index >= 15 is 0 Å². The Labute approximate surface area is 122 Å². The molecule has 7 N–H and O–H groups in total. The number of hydrogen-bond acceptors (Lipinski definition) is 5. The van der Waals surface area contributed by atoms with Gasteiger partial charge in [0.15, 0.2) is 0 Å². The molecule has 9 nitrogen and oxygen atoms in total. The summed E-state index contributed by atoms with van der Waals surface area (Å²) in [7, 11) is 0. The Balaban J connectivity index is 0. The number of alkyl halides is 3. The molecule has 0 unspecified atom stereocenters. The lowest BCUT2D eigenvalue weighted by atomic mass is 10.1. The zero-order valence-electron chi connectivity index (χ0n) is 11.4. The summed E-state index contributed by atoms with van der Waals surface area (Å²) in [5, 5.41) is 18.0. The molecule has 0 rings (SSSR count). The molecule has 0 heterocycles. The maximum atomic E-state index is 11.1. The molecule has 0 fully saturated rings. The van der Waals surface area contributed by atoms with Gasteiger partial charge in [0.25, 0.3) is 0 Å². The summed E-state index contributed by atoms with van der Waals surface area (Å²) >= 11 is 0. The van der Waals surface area contributed by atoms with Crippen molar-refractivity contribution in [3.63, 3.8) is 0 Å². The van der Waals surface area contributed by atoms with Crippen molar-refractivity contribution in [2.24, 2.45) is 11.5 Å². The molecule has 0 aromatic carbocycles. The number of carboxylic acids is 2. The minimum Gasteiger partial charge on any atom is -0.480 e. The van der Waals surface area contributed by atoms with Crippen LogP contribution >= 0.6 is 0 Å². The predicted molar refractivity (Wildman–Crippen MR) is 65.3 cm³/mol. The van der Waals surface area contributed by atoms with Crippen LogP contribution in [0.3, 0.4) is 0 Å². The second-order valence-corrected chi connectivity index (χ2v) is 4.00. The lowest BCUT2D eigenvalue weighted by molar-refractivity contribution is -0.192. The van der Waals surface area contributed by atoms with Crippen LogP contribution in [0.2, 0.25) is 0 Å². The van der Waals surface area contributed by atoms with E-state index in [0.717, 1.165) is 0 Å². The van der Waals surface area contributed by atoms with Crippen molar-refractivity contribution in [2.75, 3.05) is 0 Å². The van der Waals surface area contributed by atoms with Crippen LogP contribution in [-0.4, -0.2) is 52.2 Å². The van der Waals surface area contributed by atoms with Gasteiger partial charge in [0, 0.05) is 6.42 Å². The highest BCUT2D eigenvalue weighted by molar-refractivity contribution is 5.86. The summed E-state index contributed by atoms with van der Waals surface area (Å²) in [5.41, 5.74) is 10.1. The lowest BCUT2D eigenvalue weighted by Gasteiger charge is -2.14. The van der Waals surface area contributed by atoms with Gasteiger partial charge in [0.1, 0.15) is 6.04 Å². The third kappa shape index (κ3) is 11.5. The predicted octanol–water partition coefficient (Wildman–Crippen LogP) is -1.20. The average molecular weight is 331 g/mol. The number of nitrogens with one attached hydrogen (secondary N) is 1. The van der Waals surface area contributed by atoms with E-state index in [1.165, 1.54) is 6.92 Å². The maximum absolute atomic E-state index is 11.1. The third-order valence-corrected chi connectivity index (χ3v) is 1.95. The second-order valence-electron chi connectivity index (χ2n) is 4.00. The topological polar surface area (TPSA) is 173 Å². The number of hydrogen-bond donors (Lipinski definition) is 5. The van der Waals surface area contributed by atoms with Crippen LogP contribution in [0.15, 0.2) is 0 Å². The fourth-order valence-electron chi connectivity index (χ4n) is 0.847. The largest absolute Gasteiger partial charge is 0.490 e. The molecule has 2 amide bonds. The van der Waals surface area contributed by atoms with Crippen LogP contribution in [0.1, 0.15) is 19.8 Å². The Hall–Kier alpha value is -2.37. The number of nitrogens with two attached hydrogens (primary N) is 2. The first kappa shape index (κ1) is 21.9. The Morgan fingerprint density at radius 1 is 1.18 bits per heavy atom. The number of carbonyl (C=O) groups is 4. The van der Waals surface area contributed by atoms with Gasteiger partial charge < -0.3 is 27.0 Å². The first-order chi connectivity index (χ1) is 9.78. The highest BCUT2D eigenvalue weighted by Crippen LogP contribution is 2.13. The van der Waals surface area contributed by atoms with E-state index in [-0.39, 0.29) is 12.8 Å². The molecule has 22 heavy (non-hydrogen) atoms. The van der Waals surface area contributed by atoms with Crippen molar-refractivity contribution in [1.29, 1.82) is 0 Å². The molecular weight excluding hydrogens is 315 g/mol. The van der Waals surface area contributed by atoms with E-state index in [1.54, 1.807) is 0 Å². The molecule has 0 aliphatic heterocycles. The molecule has 0 aliphatic rings. The molecule has 0 bridgehead atoms. The van der Waals surface area contributed by atoms with Crippen LogP contribution < -0.4 is 16.8 Å². The molecular formula is C10H16F3N3O6. The maximum Gasteiger partial charge on any atom is 0.490 e. The Morgan fingerprint density at radius 3 is 1.82 bits per heavy atom. The van der Waals surface area contributed by atoms with Gasteiger partial charge in [-0.15, -0.1) is 0 Å². The molecule has 0 radical (unpaired) electrons. The molecule has 2 atom stereocenters. The highest BCUT2D eigenvalue weighted by atomic mass is 19.4. The van der Waals surface area contributed by atoms with Gasteiger partial charge in [-0.25, -0.2) is 9.59 Å². The summed E-state index contributed by atoms with van der Waals surface area (Å²) < 4.78 is 31.7. The van der Waals surface area contributed by atoms with Crippen LogP contribution in [0.25, 0.3) is 0 Å². The first-order valence-electron chi connectivity index (χ1n) is 5.66. The van der Waals surface area contributed by atoms with Crippen molar-refractivity contribution >= 4 is 23.8 Å². The van der Waals surface area contributed by atoms with E-state index in [9.17, 15) is 27.6 Å². The number of primary amides is 1. The number of halogens is 3. The molecule has 0 aliphatic carbocycles. The molecule has 0 aromatic rings. The average Bonchev–Trinajstić information content (AvgIpc) is 2.32. The number of carboxylic acid groups (broad SMARTS) is 2. The molecule has 12 heteroatoms. The van der Waals surface area contributed by atoms with Gasteiger partial charge in [-0.05, 0) is 13.3 Å². The van der Waals surface area contributed by atoms with Crippen molar-refractivity contribution in [3.8, 4) is 0 Å². The summed E-state index contributed by atoms with van der Waals surface area (Å²) in [6, 6.07) is -1.92. The third-order valence-electron chi connectivity index (χ3n) is 1.95. The molecule has 128 valence electrons. The quantitative estimate of drug-likeness (QED) is 0.406. The second kappa shape index (κ2) is 9.55. The number of rotatable bonds is 6. The van der Waals surface area contributed by atoms with E-state index in [4.69, 9.17) is 26.5 Å². The van der Waals surface area contributed by atoms with Crippen molar-refractivity contribution in [3.05, 3.63) is 0 Å². The molecule has 0 aromatic heterocycles. The summed E-state index contributed by atoms with van der Waals surface area (Å²) in [4.78, 5) is 41.1. The van der Waals surface area contributed by atoms with Gasteiger partial charge >= 0.3 is 18.1 Å². The number of carbonyl (C=O) groups excluding carboxylic acids is 2. The lowest BCUT2D eigenvalue weighted by Crippen LogP contribution is -2.47. The zero-order valence-corrected chi connectivity index (χ0v) is 11.4. The monoisotopic (exact) mass is 331 g/mol. The fourth-order valence-corrected chi connectivity index (χ4v) is 0.847. The van der Waals surface area contributed by atoms with Crippen LogP contribution in [0.5, 0.6) is 0 Å². The summed E-state index contributed by atoms with van der Waals surface area (Å²) in [6.07, 6.45) is -5.22. The van der Waals surface area contributed by atoms with Gasteiger partial charge in [0.05, 0.1) is 6.04 Å². The van der Waals surface area contributed by atoms with Crippen LogP contribution in [-0.2, 0) is 19.2 Å². The minimum absolute atomic E-state index is 0.0386. The van der Waals surface area contributed by atoms with Crippen molar-refractivity contribution in [2.45, 2.75) is 38.0 Å². The summed E-state index contributed by atoms with van der Waals surface area (Å²) in [6.45, 7) is 1.43. The Bertz CT molecular complexity index is 425. The first-order valence-corrected chi connectivity index (χ1v) is 5.66. The Kier molecular flexibility index (Phi) is 9.51. The van der Waals surface area contributed by atoms with Gasteiger partial charge in [-0.1, -0.05) is 0 Å². The van der Waals surface area contributed by atoms with Crippen LogP contribution in [0, 0.1) is 0 Å². The fraction of sp³-hybridized carbons (Fsp3) is 0.600.